The quantitative estimate of drug-likeness (QED) is 0.311. The molecule has 0 fully saturated rings. The van der Waals surface area contributed by atoms with Crippen molar-refractivity contribution in [2.75, 3.05) is 11.9 Å². The number of nitrogens with one attached hydrogen (secondary N) is 2. The van der Waals surface area contributed by atoms with Crippen LogP contribution in [0.3, 0.4) is 0 Å². The minimum atomic E-state index is -0.190. The van der Waals surface area contributed by atoms with Crippen LogP contribution in [0.4, 0.5) is 5.69 Å². The first-order valence-corrected chi connectivity index (χ1v) is 11.3. The number of anilines is 1. The van der Waals surface area contributed by atoms with Crippen molar-refractivity contribution >= 4 is 17.5 Å². The van der Waals surface area contributed by atoms with Gasteiger partial charge < -0.3 is 10.6 Å². The molecule has 1 aromatic rings. The van der Waals surface area contributed by atoms with Crippen molar-refractivity contribution in [3.63, 3.8) is 0 Å². The second kappa shape index (κ2) is 17.3. The Bertz CT molecular complexity index is 517. The summed E-state index contributed by atoms with van der Waals surface area (Å²) in [5, 5.41) is 5.46. The molecule has 4 heteroatoms. The molecule has 0 aliphatic rings. The van der Waals surface area contributed by atoms with Gasteiger partial charge in [0.1, 0.15) is 0 Å². The number of carbonyl (C=O) groups excluding carboxylic acids is 2. The second-order valence-corrected chi connectivity index (χ2v) is 7.68. The minimum Gasteiger partial charge on any atom is -0.347 e. The molecule has 0 saturated heterocycles. The number of para-hydroxylation sites is 1. The maximum Gasteiger partial charge on any atom is 0.243 e. The molecule has 0 radical (unpaired) electrons. The van der Waals surface area contributed by atoms with Gasteiger partial charge in [-0.2, -0.15) is 0 Å². The first kappa shape index (κ1) is 24.2. The van der Waals surface area contributed by atoms with Gasteiger partial charge in [0.05, 0.1) is 6.54 Å². The molecule has 0 aromatic heterocycles. The van der Waals surface area contributed by atoms with Crippen molar-refractivity contribution in [1.82, 2.24) is 5.32 Å². The third-order valence-corrected chi connectivity index (χ3v) is 5.01. The molecule has 158 valence electrons. The van der Waals surface area contributed by atoms with E-state index >= 15 is 0 Å². The van der Waals surface area contributed by atoms with Crippen LogP contribution < -0.4 is 10.6 Å². The molecular formula is C24H40N2O2. The maximum absolute atomic E-state index is 11.8. The molecule has 4 nitrogen and oxygen atoms in total. The van der Waals surface area contributed by atoms with E-state index in [9.17, 15) is 9.59 Å². The molecule has 0 atom stereocenters. The van der Waals surface area contributed by atoms with Gasteiger partial charge in [-0.25, -0.2) is 0 Å². The van der Waals surface area contributed by atoms with Crippen LogP contribution in [0.1, 0.15) is 96.8 Å². The van der Waals surface area contributed by atoms with Gasteiger partial charge in [0, 0.05) is 12.1 Å². The van der Waals surface area contributed by atoms with E-state index in [0.29, 0.717) is 6.42 Å². The molecule has 0 aliphatic carbocycles. The minimum absolute atomic E-state index is 0.0339. The molecule has 2 amide bonds. The fourth-order valence-corrected chi connectivity index (χ4v) is 3.30. The van der Waals surface area contributed by atoms with Crippen molar-refractivity contribution in [1.29, 1.82) is 0 Å². The Morgan fingerprint density at radius 2 is 1.18 bits per heavy atom. The number of amides is 2. The van der Waals surface area contributed by atoms with Crippen molar-refractivity contribution in [3.8, 4) is 0 Å². The fourth-order valence-electron chi connectivity index (χ4n) is 3.30. The summed E-state index contributed by atoms with van der Waals surface area (Å²) in [4.78, 5) is 23.6. The zero-order chi connectivity index (χ0) is 20.3. The van der Waals surface area contributed by atoms with Crippen LogP contribution in [-0.2, 0) is 9.59 Å². The van der Waals surface area contributed by atoms with Gasteiger partial charge in [-0.3, -0.25) is 9.59 Å². The average molecular weight is 389 g/mol. The van der Waals surface area contributed by atoms with E-state index in [2.05, 4.69) is 17.6 Å². The van der Waals surface area contributed by atoms with Gasteiger partial charge in [0.2, 0.25) is 11.8 Å². The highest BCUT2D eigenvalue weighted by Gasteiger charge is 2.05. The van der Waals surface area contributed by atoms with Crippen molar-refractivity contribution in [3.05, 3.63) is 30.3 Å². The van der Waals surface area contributed by atoms with Crippen molar-refractivity contribution < 1.29 is 9.59 Å². The lowest BCUT2D eigenvalue weighted by Crippen LogP contribution is -2.32. The topological polar surface area (TPSA) is 58.2 Å². The lowest BCUT2D eigenvalue weighted by atomic mass is 10.0. The Hall–Kier alpha value is -1.84. The van der Waals surface area contributed by atoms with Crippen molar-refractivity contribution in [2.24, 2.45) is 0 Å². The Morgan fingerprint density at radius 1 is 0.679 bits per heavy atom. The van der Waals surface area contributed by atoms with Crippen LogP contribution in [0.5, 0.6) is 0 Å². The summed E-state index contributed by atoms with van der Waals surface area (Å²) in [6, 6.07) is 9.28. The van der Waals surface area contributed by atoms with Gasteiger partial charge >= 0.3 is 0 Å². The van der Waals surface area contributed by atoms with E-state index in [1.54, 1.807) is 0 Å². The van der Waals surface area contributed by atoms with E-state index in [0.717, 1.165) is 18.5 Å². The number of hydrogen-bond donors (Lipinski definition) is 2. The Labute approximate surface area is 171 Å². The van der Waals surface area contributed by atoms with Crippen LogP contribution >= 0.6 is 0 Å². The number of rotatable bonds is 17. The normalized spacial score (nSPS) is 10.6. The number of unbranched alkanes of at least 4 members (excludes halogenated alkanes) is 12. The summed E-state index contributed by atoms with van der Waals surface area (Å²) >= 11 is 0. The van der Waals surface area contributed by atoms with E-state index < -0.39 is 0 Å². The highest BCUT2D eigenvalue weighted by Crippen LogP contribution is 2.13. The zero-order valence-electron chi connectivity index (χ0n) is 17.8. The van der Waals surface area contributed by atoms with E-state index in [-0.39, 0.29) is 18.4 Å². The molecule has 0 heterocycles. The third-order valence-electron chi connectivity index (χ3n) is 5.01. The summed E-state index contributed by atoms with van der Waals surface area (Å²) in [7, 11) is 0. The molecule has 0 aliphatic heterocycles. The standard InChI is InChI=1S/C24H40N2O2/c1-2-3-4-5-6-7-8-9-10-11-12-13-17-20-23(27)25-21-24(28)26-22-18-15-14-16-19-22/h14-16,18-19H,2-13,17,20-21H2,1H3,(H,25,27)(H,26,28). The van der Waals surface area contributed by atoms with Crippen LogP contribution in [0.2, 0.25) is 0 Å². The van der Waals surface area contributed by atoms with Crippen molar-refractivity contribution in [2.45, 2.75) is 96.8 Å². The fraction of sp³-hybridized carbons (Fsp3) is 0.667. The van der Waals surface area contributed by atoms with Crippen LogP contribution in [-0.4, -0.2) is 18.4 Å². The predicted octanol–water partition coefficient (Wildman–Crippen LogP) is 6.22. The average Bonchev–Trinajstić information content (AvgIpc) is 2.70. The third kappa shape index (κ3) is 14.2. The van der Waals surface area contributed by atoms with E-state index in [4.69, 9.17) is 0 Å². The molecule has 0 spiro atoms. The smallest absolute Gasteiger partial charge is 0.243 e. The van der Waals surface area contributed by atoms with E-state index in [1.807, 2.05) is 30.3 Å². The molecule has 0 saturated carbocycles. The second-order valence-electron chi connectivity index (χ2n) is 7.68. The van der Waals surface area contributed by atoms with Crippen LogP contribution in [0.15, 0.2) is 30.3 Å². The Morgan fingerprint density at radius 3 is 1.71 bits per heavy atom. The molecule has 0 unspecified atom stereocenters. The summed E-state index contributed by atoms with van der Waals surface area (Å²) in [6.07, 6.45) is 17.4. The Balaban J connectivity index is 1.85. The largest absolute Gasteiger partial charge is 0.347 e. The summed E-state index contributed by atoms with van der Waals surface area (Å²) in [5.74, 6) is -0.226. The van der Waals surface area contributed by atoms with E-state index in [1.165, 1.54) is 70.6 Å². The zero-order valence-corrected chi connectivity index (χ0v) is 17.8. The first-order chi connectivity index (χ1) is 13.7. The lowest BCUT2D eigenvalue weighted by molar-refractivity contribution is -0.124. The number of benzene rings is 1. The number of hydrogen-bond acceptors (Lipinski definition) is 2. The lowest BCUT2D eigenvalue weighted by Gasteiger charge is -2.07. The summed E-state index contributed by atoms with van der Waals surface area (Å²) in [6.45, 7) is 2.30. The van der Waals surface area contributed by atoms with Gasteiger partial charge in [0.25, 0.3) is 0 Å². The highest BCUT2D eigenvalue weighted by atomic mass is 16.2. The van der Waals surface area contributed by atoms with Gasteiger partial charge in [-0.1, -0.05) is 102 Å². The monoisotopic (exact) mass is 388 g/mol. The van der Waals surface area contributed by atoms with Gasteiger partial charge in [-0.15, -0.1) is 0 Å². The molecule has 1 rings (SSSR count). The molecular weight excluding hydrogens is 348 g/mol. The molecule has 28 heavy (non-hydrogen) atoms. The van der Waals surface area contributed by atoms with Crippen LogP contribution in [0, 0.1) is 0 Å². The Kier molecular flexibility index (Phi) is 14.9. The summed E-state index contributed by atoms with van der Waals surface area (Å²) < 4.78 is 0. The van der Waals surface area contributed by atoms with Crippen LogP contribution in [0.25, 0.3) is 0 Å². The maximum atomic E-state index is 11.8. The SMILES string of the molecule is CCCCCCCCCCCCCCCC(=O)NCC(=O)Nc1ccccc1. The van der Waals surface area contributed by atoms with Gasteiger partial charge in [-0.05, 0) is 18.6 Å². The molecule has 0 bridgehead atoms. The predicted molar refractivity (Wildman–Crippen MR) is 118 cm³/mol. The summed E-state index contributed by atoms with van der Waals surface area (Å²) in [5.41, 5.74) is 0.748. The number of carbonyl (C=O) groups is 2. The molecule has 2 N–H and O–H groups in total. The first-order valence-electron chi connectivity index (χ1n) is 11.3. The van der Waals surface area contributed by atoms with Gasteiger partial charge in [0.15, 0.2) is 0 Å². The molecule has 1 aromatic carbocycles. The highest BCUT2D eigenvalue weighted by molar-refractivity contribution is 5.94.